The van der Waals surface area contributed by atoms with Gasteiger partial charge in [0, 0.05) is 50.4 Å². The van der Waals surface area contributed by atoms with E-state index in [0.29, 0.717) is 25.7 Å². The molecule has 0 bridgehead atoms. The summed E-state index contributed by atoms with van der Waals surface area (Å²) in [5, 5.41) is 0. The Morgan fingerprint density at radius 2 is 1.76 bits per heavy atom. The molecule has 1 aliphatic heterocycles. The normalized spacial score (nSPS) is 17.8. The number of hydrogen-bond donors (Lipinski definition) is 1. The van der Waals surface area contributed by atoms with Gasteiger partial charge in [0.15, 0.2) is 0 Å². The molecule has 21 heavy (non-hydrogen) atoms. The minimum Gasteiger partial charge on any atom is -0.336 e. The number of carbonyl (C=O) groups excluding carboxylic acids is 1. The van der Waals surface area contributed by atoms with Gasteiger partial charge in [-0.15, -0.1) is 0 Å². The van der Waals surface area contributed by atoms with Crippen LogP contribution in [-0.2, 0) is 0 Å². The summed E-state index contributed by atoms with van der Waals surface area (Å²) in [5.41, 5.74) is 5.79. The third kappa shape index (κ3) is 3.77. The number of benzene rings is 1. The van der Waals surface area contributed by atoms with E-state index < -0.39 is 11.6 Å². The van der Waals surface area contributed by atoms with Crippen molar-refractivity contribution in [2.45, 2.75) is 19.4 Å². The van der Waals surface area contributed by atoms with Crippen LogP contribution in [0.15, 0.2) is 18.2 Å². The standard InChI is InChI=1S/C15H21F2N3O/c1-2-14(10-18)19-3-5-20(6-4-19)15(21)11-7-12(16)9-13(17)8-11/h7-9,14H,2-6,10,18H2,1H3. The monoisotopic (exact) mass is 297 g/mol. The predicted molar refractivity (Wildman–Crippen MR) is 77.0 cm³/mol. The van der Waals surface area contributed by atoms with Gasteiger partial charge in [-0.1, -0.05) is 6.92 Å². The van der Waals surface area contributed by atoms with Crippen molar-refractivity contribution < 1.29 is 13.6 Å². The first kappa shape index (κ1) is 15.9. The first-order chi connectivity index (χ1) is 10.0. The zero-order valence-corrected chi connectivity index (χ0v) is 12.2. The van der Waals surface area contributed by atoms with Gasteiger partial charge in [0.05, 0.1) is 0 Å². The van der Waals surface area contributed by atoms with E-state index in [2.05, 4.69) is 11.8 Å². The molecule has 1 heterocycles. The van der Waals surface area contributed by atoms with Crippen molar-refractivity contribution in [2.24, 2.45) is 5.73 Å². The summed E-state index contributed by atoms with van der Waals surface area (Å²) >= 11 is 0. The fourth-order valence-corrected chi connectivity index (χ4v) is 2.72. The molecule has 0 aliphatic carbocycles. The number of piperazine rings is 1. The number of hydrogen-bond acceptors (Lipinski definition) is 3. The zero-order valence-electron chi connectivity index (χ0n) is 12.2. The molecule has 0 saturated carbocycles. The second-order valence-corrected chi connectivity index (χ2v) is 5.28. The van der Waals surface area contributed by atoms with Crippen LogP contribution in [0.2, 0.25) is 0 Å². The van der Waals surface area contributed by atoms with E-state index in [4.69, 9.17) is 5.73 Å². The molecule has 1 amide bonds. The summed E-state index contributed by atoms with van der Waals surface area (Å²) < 4.78 is 26.4. The maximum absolute atomic E-state index is 13.2. The van der Waals surface area contributed by atoms with E-state index in [0.717, 1.165) is 37.7 Å². The van der Waals surface area contributed by atoms with Gasteiger partial charge in [0.1, 0.15) is 11.6 Å². The van der Waals surface area contributed by atoms with E-state index >= 15 is 0 Å². The second-order valence-electron chi connectivity index (χ2n) is 5.28. The zero-order chi connectivity index (χ0) is 15.4. The molecule has 2 rings (SSSR count). The first-order valence-corrected chi connectivity index (χ1v) is 7.24. The van der Waals surface area contributed by atoms with Crippen molar-refractivity contribution >= 4 is 5.91 Å². The second kappa shape index (κ2) is 6.95. The summed E-state index contributed by atoms with van der Waals surface area (Å²) in [6, 6.07) is 3.25. The molecule has 0 radical (unpaired) electrons. The molecule has 1 atom stereocenters. The SMILES string of the molecule is CCC(CN)N1CCN(C(=O)c2cc(F)cc(F)c2)CC1. The highest BCUT2D eigenvalue weighted by Crippen LogP contribution is 2.14. The van der Waals surface area contributed by atoms with Gasteiger partial charge in [0.25, 0.3) is 5.91 Å². The molecular formula is C15H21F2N3O. The van der Waals surface area contributed by atoms with Gasteiger partial charge in [-0.25, -0.2) is 8.78 Å². The van der Waals surface area contributed by atoms with E-state index in [-0.39, 0.29) is 11.5 Å². The fraction of sp³-hybridized carbons (Fsp3) is 0.533. The van der Waals surface area contributed by atoms with E-state index in [1.807, 2.05) is 0 Å². The molecule has 1 aromatic carbocycles. The van der Waals surface area contributed by atoms with Crippen LogP contribution in [0.4, 0.5) is 8.78 Å². The Hall–Kier alpha value is -1.53. The van der Waals surface area contributed by atoms with Crippen LogP contribution in [0.1, 0.15) is 23.7 Å². The molecule has 116 valence electrons. The van der Waals surface area contributed by atoms with Crippen LogP contribution in [0.5, 0.6) is 0 Å². The van der Waals surface area contributed by atoms with Gasteiger partial charge < -0.3 is 10.6 Å². The average Bonchev–Trinajstić information content (AvgIpc) is 2.47. The smallest absolute Gasteiger partial charge is 0.254 e. The quantitative estimate of drug-likeness (QED) is 0.915. The lowest BCUT2D eigenvalue weighted by Gasteiger charge is -2.38. The van der Waals surface area contributed by atoms with Crippen molar-refractivity contribution in [3.8, 4) is 0 Å². The predicted octanol–water partition coefficient (Wildman–Crippen LogP) is 1.46. The van der Waals surface area contributed by atoms with Crippen LogP contribution in [0, 0.1) is 11.6 Å². The largest absolute Gasteiger partial charge is 0.336 e. The van der Waals surface area contributed by atoms with Crippen LogP contribution >= 0.6 is 0 Å². The number of nitrogens with zero attached hydrogens (tertiary/aromatic N) is 2. The van der Waals surface area contributed by atoms with Crippen LogP contribution in [-0.4, -0.2) is 54.5 Å². The Labute approximate surface area is 123 Å². The molecule has 1 unspecified atom stereocenters. The Morgan fingerprint density at radius 1 is 1.19 bits per heavy atom. The van der Waals surface area contributed by atoms with E-state index in [1.54, 1.807) is 4.90 Å². The molecule has 0 spiro atoms. The van der Waals surface area contributed by atoms with Crippen molar-refractivity contribution in [2.75, 3.05) is 32.7 Å². The third-order valence-corrected chi connectivity index (χ3v) is 3.97. The summed E-state index contributed by atoms with van der Waals surface area (Å²) in [4.78, 5) is 16.2. The van der Waals surface area contributed by atoms with Crippen LogP contribution in [0.3, 0.4) is 0 Å². The Morgan fingerprint density at radius 3 is 2.24 bits per heavy atom. The number of amides is 1. The van der Waals surface area contributed by atoms with Crippen LogP contribution < -0.4 is 5.73 Å². The lowest BCUT2D eigenvalue weighted by molar-refractivity contribution is 0.0570. The molecule has 2 N–H and O–H groups in total. The number of carbonyl (C=O) groups is 1. The molecule has 1 fully saturated rings. The number of halogens is 2. The molecular weight excluding hydrogens is 276 g/mol. The molecule has 1 aliphatic rings. The van der Waals surface area contributed by atoms with Crippen molar-refractivity contribution in [1.82, 2.24) is 9.80 Å². The summed E-state index contributed by atoms with van der Waals surface area (Å²) in [6.07, 6.45) is 0.972. The Balaban J connectivity index is 2.00. The molecule has 4 nitrogen and oxygen atoms in total. The highest BCUT2D eigenvalue weighted by Gasteiger charge is 2.25. The Kier molecular flexibility index (Phi) is 5.25. The lowest BCUT2D eigenvalue weighted by Crippen LogP contribution is -2.53. The van der Waals surface area contributed by atoms with Gasteiger partial charge >= 0.3 is 0 Å². The number of nitrogens with two attached hydrogens (primary N) is 1. The van der Waals surface area contributed by atoms with Gasteiger partial charge in [-0.2, -0.15) is 0 Å². The molecule has 6 heteroatoms. The fourth-order valence-electron chi connectivity index (χ4n) is 2.72. The van der Waals surface area contributed by atoms with E-state index in [9.17, 15) is 13.6 Å². The van der Waals surface area contributed by atoms with Gasteiger partial charge in [-0.3, -0.25) is 9.69 Å². The van der Waals surface area contributed by atoms with Crippen molar-refractivity contribution in [3.05, 3.63) is 35.4 Å². The van der Waals surface area contributed by atoms with Gasteiger partial charge in [0.2, 0.25) is 0 Å². The first-order valence-electron chi connectivity index (χ1n) is 7.24. The van der Waals surface area contributed by atoms with Gasteiger partial charge in [-0.05, 0) is 18.6 Å². The molecule has 1 saturated heterocycles. The van der Waals surface area contributed by atoms with Crippen LogP contribution in [0.25, 0.3) is 0 Å². The highest BCUT2D eigenvalue weighted by atomic mass is 19.1. The Bertz CT molecular complexity index is 477. The lowest BCUT2D eigenvalue weighted by atomic mass is 10.1. The van der Waals surface area contributed by atoms with Crippen molar-refractivity contribution in [1.29, 1.82) is 0 Å². The highest BCUT2D eigenvalue weighted by molar-refractivity contribution is 5.94. The summed E-state index contributed by atoms with van der Waals surface area (Å²) in [5.74, 6) is -1.79. The molecule has 1 aromatic rings. The average molecular weight is 297 g/mol. The maximum Gasteiger partial charge on any atom is 0.254 e. The van der Waals surface area contributed by atoms with E-state index in [1.165, 1.54) is 0 Å². The minimum atomic E-state index is -0.730. The topological polar surface area (TPSA) is 49.6 Å². The number of rotatable bonds is 4. The maximum atomic E-state index is 13.2. The third-order valence-electron chi connectivity index (χ3n) is 3.97. The summed E-state index contributed by atoms with van der Waals surface area (Å²) in [7, 11) is 0. The summed E-state index contributed by atoms with van der Waals surface area (Å²) in [6.45, 7) is 5.25. The van der Waals surface area contributed by atoms with Crippen molar-refractivity contribution in [3.63, 3.8) is 0 Å². The minimum absolute atomic E-state index is 0.0619. The molecule has 0 aromatic heterocycles.